The van der Waals surface area contributed by atoms with E-state index in [1.807, 2.05) is 23.9 Å². The molecule has 1 heterocycles. The molecule has 2 fully saturated rings. The Morgan fingerprint density at radius 2 is 2.00 bits per heavy atom. The molecule has 2 aliphatic rings. The minimum atomic E-state index is 0.125. The zero-order valence-corrected chi connectivity index (χ0v) is 12.5. The van der Waals surface area contributed by atoms with Crippen molar-refractivity contribution in [3.05, 3.63) is 24.3 Å². The number of rotatable bonds is 4. The van der Waals surface area contributed by atoms with Gasteiger partial charge in [0, 0.05) is 16.7 Å². The van der Waals surface area contributed by atoms with Crippen LogP contribution in [0.3, 0.4) is 0 Å². The van der Waals surface area contributed by atoms with Gasteiger partial charge in [0.15, 0.2) is 0 Å². The first-order valence-electron chi connectivity index (χ1n) is 7.60. The van der Waals surface area contributed by atoms with E-state index in [-0.39, 0.29) is 11.8 Å². The van der Waals surface area contributed by atoms with Crippen LogP contribution in [0.1, 0.15) is 32.1 Å². The molecule has 1 atom stereocenters. The van der Waals surface area contributed by atoms with Crippen molar-refractivity contribution in [2.45, 2.75) is 42.2 Å². The lowest BCUT2D eigenvalue weighted by Crippen LogP contribution is -2.24. The average Bonchev–Trinajstić information content (AvgIpc) is 3.13. The van der Waals surface area contributed by atoms with Crippen LogP contribution < -0.4 is 10.6 Å². The highest BCUT2D eigenvalue weighted by molar-refractivity contribution is 8.00. The highest BCUT2D eigenvalue weighted by atomic mass is 32.2. The van der Waals surface area contributed by atoms with Gasteiger partial charge in [-0.15, -0.1) is 11.8 Å². The molecular weight excluding hydrogens is 268 g/mol. The van der Waals surface area contributed by atoms with Gasteiger partial charge in [0.2, 0.25) is 5.91 Å². The summed E-state index contributed by atoms with van der Waals surface area (Å²) in [5.74, 6) is 0.286. The van der Waals surface area contributed by atoms with Crippen LogP contribution in [0.4, 0.5) is 5.69 Å². The van der Waals surface area contributed by atoms with Crippen LogP contribution >= 0.6 is 11.8 Å². The topological polar surface area (TPSA) is 41.1 Å². The molecule has 0 bridgehead atoms. The molecule has 0 aromatic heterocycles. The van der Waals surface area contributed by atoms with Crippen molar-refractivity contribution < 1.29 is 4.79 Å². The van der Waals surface area contributed by atoms with Gasteiger partial charge in [0.05, 0.1) is 11.6 Å². The second-order valence-corrected chi connectivity index (χ2v) is 7.04. The second-order valence-electron chi connectivity index (χ2n) is 5.70. The SMILES string of the molecule is O=C(Nc1ccccc1SC1CCCC1)C1CCNC1. The number of hydrogen-bond donors (Lipinski definition) is 2. The van der Waals surface area contributed by atoms with E-state index in [9.17, 15) is 4.79 Å². The predicted molar refractivity (Wildman–Crippen MR) is 84.2 cm³/mol. The molecule has 0 radical (unpaired) electrons. The molecular formula is C16H22N2OS. The van der Waals surface area contributed by atoms with Gasteiger partial charge in [-0.1, -0.05) is 25.0 Å². The lowest BCUT2D eigenvalue weighted by molar-refractivity contribution is -0.119. The van der Waals surface area contributed by atoms with Crippen LogP contribution in [0.25, 0.3) is 0 Å². The second kappa shape index (κ2) is 6.64. The first-order chi connectivity index (χ1) is 9.83. The summed E-state index contributed by atoms with van der Waals surface area (Å²) in [5, 5.41) is 7.10. The number of amides is 1. The molecule has 108 valence electrons. The van der Waals surface area contributed by atoms with Gasteiger partial charge in [0.1, 0.15) is 0 Å². The monoisotopic (exact) mass is 290 g/mol. The smallest absolute Gasteiger partial charge is 0.228 e. The first-order valence-corrected chi connectivity index (χ1v) is 8.48. The Bertz CT molecular complexity index is 465. The number of hydrogen-bond acceptors (Lipinski definition) is 3. The molecule has 0 spiro atoms. The standard InChI is InChI=1S/C16H22N2OS/c19-16(12-9-10-17-11-12)18-14-7-3-4-8-15(14)20-13-5-1-2-6-13/h3-4,7-8,12-13,17H,1-2,5-6,9-11H2,(H,18,19). The summed E-state index contributed by atoms with van der Waals surface area (Å²) in [4.78, 5) is 13.5. The predicted octanol–water partition coefficient (Wildman–Crippen LogP) is 3.27. The molecule has 1 aliphatic heterocycles. The molecule has 1 amide bonds. The Kier molecular flexibility index (Phi) is 4.63. The van der Waals surface area contributed by atoms with Gasteiger partial charge in [-0.05, 0) is 37.9 Å². The van der Waals surface area contributed by atoms with E-state index < -0.39 is 0 Å². The Balaban J connectivity index is 1.66. The highest BCUT2D eigenvalue weighted by Crippen LogP contribution is 2.38. The number of carbonyl (C=O) groups is 1. The number of benzene rings is 1. The lowest BCUT2D eigenvalue weighted by Gasteiger charge is -2.15. The molecule has 1 aliphatic carbocycles. The minimum Gasteiger partial charge on any atom is -0.325 e. The Morgan fingerprint density at radius 3 is 2.75 bits per heavy atom. The van der Waals surface area contributed by atoms with Gasteiger partial charge in [0.25, 0.3) is 0 Å². The average molecular weight is 290 g/mol. The maximum atomic E-state index is 12.2. The van der Waals surface area contributed by atoms with E-state index in [0.29, 0.717) is 0 Å². The third kappa shape index (κ3) is 3.36. The molecule has 1 saturated heterocycles. The zero-order chi connectivity index (χ0) is 13.8. The summed E-state index contributed by atoms with van der Waals surface area (Å²) >= 11 is 1.93. The zero-order valence-electron chi connectivity index (χ0n) is 11.7. The van der Waals surface area contributed by atoms with E-state index in [0.717, 1.165) is 30.4 Å². The Morgan fingerprint density at radius 1 is 1.20 bits per heavy atom. The van der Waals surface area contributed by atoms with Crippen molar-refractivity contribution in [3.63, 3.8) is 0 Å². The van der Waals surface area contributed by atoms with Gasteiger partial charge in [-0.25, -0.2) is 0 Å². The van der Waals surface area contributed by atoms with Crippen LogP contribution in [0.2, 0.25) is 0 Å². The number of thioether (sulfide) groups is 1. The van der Waals surface area contributed by atoms with Crippen LogP contribution in [-0.2, 0) is 4.79 Å². The fourth-order valence-electron chi connectivity index (χ4n) is 2.97. The third-order valence-corrected chi connectivity index (χ3v) is 5.59. The quantitative estimate of drug-likeness (QED) is 0.894. The summed E-state index contributed by atoms with van der Waals surface area (Å²) in [6, 6.07) is 8.22. The van der Waals surface area contributed by atoms with Crippen LogP contribution in [0.5, 0.6) is 0 Å². The van der Waals surface area contributed by atoms with Crippen molar-refractivity contribution >= 4 is 23.4 Å². The van der Waals surface area contributed by atoms with E-state index >= 15 is 0 Å². The number of anilines is 1. The van der Waals surface area contributed by atoms with Crippen molar-refractivity contribution in [2.24, 2.45) is 5.92 Å². The molecule has 1 aromatic carbocycles. The first kappa shape index (κ1) is 14.0. The van der Waals surface area contributed by atoms with E-state index in [1.165, 1.54) is 30.6 Å². The van der Waals surface area contributed by atoms with Gasteiger partial charge in [-0.2, -0.15) is 0 Å². The Hall–Kier alpha value is -1.00. The summed E-state index contributed by atoms with van der Waals surface area (Å²) in [6.45, 7) is 1.76. The van der Waals surface area contributed by atoms with Crippen molar-refractivity contribution in [1.29, 1.82) is 0 Å². The third-order valence-electron chi connectivity index (χ3n) is 4.17. The summed E-state index contributed by atoms with van der Waals surface area (Å²) < 4.78 is 0. The Labute approximate surface area is 124 Å². The fourth-order valence-corrected chi connectivity index (χ4v) is 4.30. The molecule has 1 unspecified atom stereocenters. The number of carbonyl (C=O) groups excluding carboxylic acids is 1. The molecule has 3 rings (SSSR count). The molecule has 20 heavy (non-hydrogen) atoms. The molecule has 2 N–H and O–H groups in total. The fraction of sp³-hybridized carbons (Fsp3) is 0.562. The molecule has 1 aromatic rings. The molecule has 1 saturated carbocycles. The summed E-state index contributed by atoms with van der Waals surface area (Å²) in [6.07, 6.45) is 6.25. The highest BCUT2D eigenvalue weighted by Gasteiger charge is 2.23. The van der Waals surface area contributed by atoms with E-state index in [2.05, 4.69) is 22.8 Å². The normalized spacial score (nSPS) is 23.1. The minimum absolute atomic E-state index is 0.125. The van der Waals surface area contributed by atoms with Gasteiger partial charge >= 0.3 is 0 Å². The summed E-state index contributed by atoms with van der Waals surface area (Å²) in [5.41, 5.74) is 0.987. The van der Waals surface area contributed by atoms with Crippen LogP contribution in [0, 0.1) is 5.92 Å². The van der Waals surface area contributed by atoms with Gasteiger partial charge < -0.3 is 10.6 Å². The van der Waals surface area contributed by atoms with Crippen molar-refractivity contribution in [2.75, 3.05) is 18.4 Å². The van der Waals surface area contributed by atoms with E-state index in [4.69, 9.17) is 0 Å². The maximum absolute atomic E-state index is 12.2. The van der Waals surface area contributed by atoms with Gasteiger partial charge in [-0.3, -0.25) is 4.79 Å². The lowest BCUT2D eigenvalue weighted by atomic mass is 10.1. The largest absolute Gasteiger partial charge is 0.325 e. The number of para-hydroxylation sites is 1. The van der Waals surface area contributed by atoms with Crippen LogP contribution in [-0.4, -0.2) is 24.2 Å². The summed E-state index contributed by atoms with van der Waals surface area (Å²) in [7, 11) is 0. The van der Waals surface area contributed by atoms with E-state index in [1.54, 1.807) is 0 Å². The molecule has 4 heteroatoms. The number of nitrogens with one attached hydrogen (secondary N) is 2. The molecule has 3 nitrogen and oxygen atoms in total. The van der Waals surface area contributed by atoms with Crippen molar-refractivity contribution in [1.82, 2.24) is 5.32 Å². The maximum Gasteiger partial charge on any atom is 0.228 e. The van der Waals surface area contributed by atoms with Crippen LogP contribution in [0.15, 0.2) is 29.2 Å². The van der Waals surface area contributed by atoms with Crippen molar-refractivity contribution in [3.8, 4) is 0 Å².